The Bertz CT molecular complexity index is 284. The van der Waals surface area contributed by atoms with Crippen molar-refractivity contribution in [1.29, 1.82) is 0 Å². The predicted octanol–water partition coefficient (Wildman–Crippen LogP) is 12.2. The molecule has 0 nitrogen and oxygen atoms in total. The molecule has 0 aliphatic heterocycles. The van der Waals surface area contributed by atoms with Gasteiger partial charge >= 0.3 is 0 Å². The molecule has 0 saturated carbocycles. The van der Waals surface area contributed by atoms with Crippen molar-refractivity contribution in [2.45, 2.75) is 206 Å². The van der Waals surface area contributed by atoms with Crippen LogP contribution in [0.3, 0.4) is 0 Å². The zero-order valence-electron chi connectivity index (χ0n) is 23.8. The molecule has 1 heteroatoms. The first kappa shape index (κ1) is 33.2. The molecule has 0 spiro atoms. The van der Waals surface area contributed by atoms with Gasteiger partial charge in [-0.1, -0.05) is 206 Å². The van der Waals surface area contributed by atoms with Crippen molar-refractivity contribution in [3.8, 4) is 0 Å². The maximum atomic E-state index is 2.31. The summed E-state index contributed by atoms with van der Waals surface area (Å²) in [5, 5.41) is 0. The zero-order chi connectivity index (χ0) is 23.9. The second-order valence-electron chi connectivity index (χ2n) is 11.1. The fourth-order valence-electron chi connectivity index (χ4n) is 5.11. The zero-order valence-corrected chi connectivity index (χ0v) is 24.9. The Morgan fingerprint density at radius 2 is 0.424 bits per heavy atom. The van der Waals surface area contributed by atoms with E-state index < -0.39 is 0 Å². The van der Waals surface area contributed by atoms with Crippen molar-refractivity contribution < 1.29 is 0 Å². The Hall–Kier alpha value is 0.217. The lowest BCUT2D eigenvalue weighted by molar-refractivity contribution is 0.537. The topological polar surface area (TPSA) is 0 Å². The summed E-state index contributed by atoms with van der Waals surface area (Å²) in [6.07, 6.45) is 41.6. The summed E-state index contributed by atoms with van der Waals surface area (Å²) in [4.78, 5) is 0. The van der Waals surface area contributed by atoms with E-state index in [2.05, 4.69) is 13.8 Å². The molecule has 33 heavy (non-hydrogen) atoms. The van der Waals surface area contributed by atoms with Gasteiger partial charge in [-0.15, -0.1) is 0 Å². The number of unbranched alkanes of at least 4 members (excludes halogenated alkanes) is 26. The molecule has 0 atom stereocenters. The van der Waals surface area contributed by atoms with Crippen LogP contribution in [0.4, 0.5) is 0 Å². The molecule has 0 aromatic rings. The van der Waals surface area contributed by atoms with E-state index >= 15 is 0 Å². The molecule has 0 bridgehead atoms. The molecule has 0 aliphatic rings. The van der Waals surface area contributed by atoms with Crippen molar-refractivity contribution in [1.82, 2.24) is 0 Å². The van der Waals surface area contributed by atoms with E-state index in [0.717, 1.165) is 9.52 Å². The molecule has 0 aliphatic carbocycles. The highest BCUT2D eigenvalue weighted by Gasteiger charge is 1.97. The molecular weight excluding hydrogens is 412 g/mol. The van der Waals surface area contributed by atoms with E-state index in [1.165, 1.54) is 180 Å². The average Bonchev–Trinajstić information content (AvgIpc) is 2.83. The van der Waals surface area contributed by atoms with Crippen LogP contribution in [0.15, 0.2) is 0 Å². The van der Waals surface area contributed by atoms with Crippen LogP contribution in [0.1, 0.15) is 194 Å². The highest BCUT2D eigenvalue weighted by atomic mass is 28.2. The molecule has 0 unspecified atom stereocenters. The van der Waals surface area contributed by atoms with Crippen molar-refractivity contribution >= 4 is 9.52 Å². The van der Waals surface area contributed by atoms with E-state index in [0.29, 0.717) is 0 Å². The standard InChI is InChI=1S/C32H67Si/c1-3-5-7-9-11-13-15-17-19-21-23-25-27-29-31-33-32-30-28-26-24-22-20-18-16-14-12-10-8-6-4-2/h33H,3-32H2,1-2H3. The van der Waals surface area contributed by atoms with Crippen LogP contribution in [0.25, 0.3) is 0 Å². The van der Waals surface area contributed by atoms with Gasteiger partial charge in [0.2, 0.25) is 0 Å². The summed E-state index contributed by atoms with van der Waals surface area (Å²) in [5.41, 5.74) is 0. The second kappa shape index (κ2) is 32.2. The predicted molar refractivity (Wildman–Crippen MR) is 157 cm³/mol. The van der Waals surface area contributed by atoms with Gasteiger partial charge in [0.05, 0.1) is 0 Å². The quantitative estimate of drug-likeness (QED) is 0.0709. The molecule has 1 radical (unpaired) electrons. The average molecular weight is 480 g/mol. The normalized spacial score (nSPS) is 11.5. The number of hydrogen-bond donors (Lipinski definition) is 0. The minimum Gasteiger partial charge on any atom is -0.0654 e. The van der Waals surface area contributed by atoms with Gasteiger partial charge in [0.25, 0.3) is 0 Å². The monoisotopic (exact) mass is 480 g/mol. The molecule has 0 aromatic heterocycles. The molecule has 0 rings (SSSR count). The Kier molecular flexibility index (Phi) is 32.4. The molecule has 0 fully saturated rings. The van der Waals surface area contributed by atoms with E-state index in [-0.39, 0.29) is 0 Å². The summed E-state index contributed by atoms with van der Waals surface area (Å²) in [5.74, 6) is 0. The first-order valence-corrected chi connectivity index (χ1v) is 17.9. The minimum atomic E-state index is 0.771. The summed E-state index contributed by atoms with van der Waals surface area (Å²) in [6.45, 7) is 4.62. The SMILES string of the molecule is CCCCCCCCCCCCCCCC[SiH]CCCCCCCCCCCCCCCC. The van der Waals surface area contributed by atoms with Crippen molar-refractivity contribution in [2.75, 3.05) is 0 Å². The van der Waals surface area contributed by atoms with Crippen molar-refractivity contribution in [3.63, 3.8) is 0 Å². The summed E-state index contributed by atoms with van der Waals surface area (Å²) < 4.78 is 0. The lowest BCUT2D eigenvalue weighted by Crippen LogP contribution is -1.90. The Labute approximate surface area is 215 Å². The van der Waals surface area contributed by atoms with Gasteiger partial charge in [-0.3, -0.25) is 0 Å². The molecule has 199 valence electrons. The van der Waals surface area contributed by atoms with Crippen molar-refractivity contribution in [2.24, 2.45) is 0 Å². The van der Waals surface area contributed by atoms with Gasteiger partial charge in [-0.25, -0.2) is 0 Å². The highest BCUT2D eigenvalue weighted by molar-refractivity contribution is 6.35. The minimum absolute atomic E-state index is 0.771. The maximum absolute atomic E-state index is 2.31. The van der Waals surface area contributed by atoms with Gasteiger partial charge < -0.3 is 0 Å². The van der Waals surface area contributed by atoms with E-state index in [1.807, 2.05) is 0 Å². The third kappa shape index (κ3) is 32.2. The molecule has 0 N–H and O–H groups in total. The summed E-state index contributed by atoms with van der Waals surface area (Å²) >= 11 is 0. The van der Waals surface area contributed by atoms with Crippen LogP contribution in [-0.4, -0.2) is 9.52 Å². The number of rotatable bonds is 30. The third-order valence-electron chi connectivity index (χ3n) is 7.52. The van der Waals surface area contributed by atoms with Gasteiger partial charge in [0.15, 0.2) is 0 Å². The lowest BCUT2D eigenvalue weighted by Gasteiger charge is -2.04. The van der Waals surface area contributed by atoms with Gasteiger partial charge in [-0.2, -0.15) is 0 Å². The second-order valence-corrected chi connectivity index (χ2v) is 12.8. The van der Waals surface area contributed by atoms with Gasteiger partial charge in [-0.05, 0) is 0 Å². The Balaban J connectivity index is 2.99. The number of hydrogen-bond acceptors (Lipinski definition) is 0. The first-order valence-electron chi connectivity index (χ1n) is 16.2. The molecule has 0 heterocycles. The molecule has 0 saturated heterocycles. The van der Waals surface area contributed by atoms with Crippen LogP contribution in [0.5, 0.6) is 0 Å². The van der Waals surface area contributed by atoms with E-state index in [4.69, 9.17) is 0 Å². The van der Waals surface area contributed by atoms with Gasteiger partial charge in [0.1, 0.15) is 0 Å². The van der Waals surface area contributed by atoms with Crippen LogP contribution in [0, 0.1) is 0 Å². The van der Waals surface area contributed by atoms with Crippen LogP contribution < -0.4 is 0 Å². The highest BCUT2D eigenvalue weighted by Crippen LogP contribution is 2.15. The van der Waals surface area contributed by atoms with Crippen molar-refractivity contribution in [3.05, 3.63) is 0 Å². The Morgan fingerprint density at radius 1 is 0.242 bits per heavy atom. The maximum Gasteiger partial charge on any atom is 0.0280 e. The molecular formula is C32H67Si. The van der Waals surface area contributed by atoms with Gasteiger partial charge in [0, 0.05) is 9.52 Å². The first-order chi connectivity index (χ1) is 16.4. The smallest absolute Gasteiger partial charge is 0.0280 e. The fourth-order valence-corrected chi connectivity index (χ4v) is 6.55. The Morgan fingerprint density at radius 3 is 0.636 bits per heavy atom. The largest absolute Gasteiger partial charge is 0.0654 e. The molecule has 0 aromatic carbocycles. The van der Waals surface area contributed by atoms with Crippen LogP contribution in [-0.2, 0) is 0 Å². The lowest BCUT2D eigenvalue weighted by atomic mass is 10.0. The van der Waals surface area contributed by atoms with Crippen LogP contribution >= 0.6 is 0 Å². The van der Waals surface area contributed by atoms with E-state index in [1.54, 1.807) is 12.1 Å². The molecule has 0 amide bonds. The van der Waals surface area contributed by atoms with E-state index in [9.17, 15) is 0 Å². The third-order valence-corrected chi connectivity index (χ3v) is 9.16. The summed E-state index contributed by atoms with van der Waals surface area (Å²) in [6, 6.07) is 3.16. The van der Waals surface area contributed by atoms with Crippen LogP contribution in [0.2, 0.25) is 12.1 Å². The fraction of sp³-hybridized carbons (Fsp3) is 1.00. The summed E-state index contributed by atoms with van der Waals surface area (Å²) in [7, 11) is 0.771.